The SMILES string of the molecule is Cc1ccc2oc(-c3cccc(N=Cc4ccc(-c5ccc([N+](=O)[O-])cc5)o4)c3)nc2c1. The van der Waals surface area contributed by atoms with E-state index in [1.54, 1.807) is 30.5 Å². The van der Waals surface area contributed by atoms with Crippen LogP contribution in [0, 0.1) is 17.0 Å². The molecule has 0 bridgehead atoms. The van der Waals surface area contributed by atoms with Gasteiger partial charge in [-0.05, 0) is 67.1 Å². The number of hydrogen-bond donors (Lipinski definition) is 0. The lowest BCUT2D eigenvalue weighted by molar-refractivity contribution is -0.384. The molecule has 156 valence electrons. The van der Waals surface area contributed by atoms with Gasteiger partial charge >= 0.3 is 0 Å². The van der Waals surface area contributed by atoms with Crippen LogP contribution in [0.25, 0.3) is 33.9 Å². The first-order valence-corrected chi connectivity index (χ1v) is 9.91. The molecule has 0 unspecified atom stereocenters. The summed E-state index contributed by atoms with van der Waals surface area (Å²) in [5.74, 6) is 1.72. The van der Waals surface area contributed by atoms with Gasteiger partial charge in [0.2, 0.25) is 5.89 Å². The van der Waals surface area contributed by atoms with Crippen molar-refractivity contribution in [3.63, 3.8) is 0 Å². The number of hydrogen-bond acceptors (Lipinski definition) is 6. The number of nitrogens with zero attached hydrogens (tertiary/aromatic N) is 3. The molecule has 0 saturated carbocycles. The maximum absolute atomic E-state index is 10.8. The van der Waals surface area contributed by atoms with Crippen LogP contribution in [0.3, 0.4) is 0 Å². The lowest BCUT2D eigenvalue weighted by atomic mass is 10.1. The van der Waals surface area contributed by atoms with Crippen molar-refractivity contribution in [2.24, 2.45) is 4.99 Å². The van der Waals surface area contributed by atoms with Crippen molar-refractivity contribution in [1.82, 2.24) is 4.98 Å². The molecule has 0 atom stereocenters. The van der Waals surface area contributed by atoms with E-state index in [0.29, 0.717) is 17.4 Å². The summed E-state index contributed by atoms with van der Waals surface area (Å²) < 4.78 is 11.7. The number of aromatic nitrogens is 1. The third-order valence-electron chi connectivity index (χ3n) is 4.97. The molecule has 0 fully saturated rings. The van der Waals surface area contributed by atoms with Crippen LogP contribution >= 0.6 is 0 Å². The third kappa shape index (κ3) is 3.91. The van der Waals surface area contributed by atoms with Gasteiger partial charge in [-0.25, -0.2) is 4.98 Å². The second kappa shape index (κ2) is 7.96. The molecule has 3 aromatic carbocycles. The molecule has 7 nitrogen and oxygen atoms in total. The highest BCUT2D eigenvalue weighted by atomic mass is 16.6. The Morgan fingerprint density at radius 1 is 0.938 bits per heavy atom. The maximum Gasteiger partial charge on any atom is 0.269 e. The minimum absolute atomic E-state index is 0.0380. The third-order valence-corrected chi connectivity index (χ3v) is 4.97. The summed E-state index contributed by atoms with van der Waals surface area (Å²) >= 11 is 0. The molecule has 2 heterocycles. The fourth-order valence-electron chi connectivity index (χ4n) is 3.34. The van der Waals surface area contributed by atoms with Gasteiger partial charge in [-0.2, -0.15) is 0 Å². The molecule has 0 radical (unpaired) electrons. The fourth-order valence-corrected chi connectivity index (χ4v) is 3.34. The van der Waals surface area contributed by atoms with Gasteiger partial charge in [-0.1, -0.05) is 12.1 Å². The van der Waals surface area contributed by atoms with Crippen molar-refractivity contribution in [1.29, 1.82) is 0 Å². The Morgan fingerprint density at radius 2 is 1.78 bits per heavy atom. The van der Waals surface area contributed by atoms with Crippen molar-refractivity contribution in [3.05, 3.63) is 100 Å². The van der Waals surface area contributed by atoms with E-state index in [2.05, 4.69) is 9.98 Å². The normalized spacial score (nSPS) is 11.4. The monoisotopic (exact) mass is 423 g/mol. The molecule has 2 aromatic heterocycles. The second-order valence-corrected chi connectivity index (χ2v) is 7.30. The Bertz CT molecular complexity index is 1460. The summed E-state index contributed by atoms with van der Waals surface area (Å²) in [7, 11) is 0. The number of nitro groups is 1. The van der Waals surface area contributed by atoms with Crippen molar-refractivity contribution in [3.8, 4) is 22.8 Å². The first-order chi connectivity index (χ1) is 15.5. The average molecular weight is 423 g/mol. The van der Waals surface area contributed by atoms with Crippen LogP contribution in [0.2, 0.25) is 0 Å². The summed E-state index contributed by atoms with van der Waals surface area (Å²) in [5, 5.41) is 10.8. The molecular formula is C25H17N3O4. The molecule has 0 saturated heterocycles. The van der Waals surface area contributed by atoms with Crippen LogP contribution in [0.5, 0.6) is 0 Å². The molecule has 5 aromatic rings. The van der Waals surface area contributed by atoms with Gasteiger partial charge in [0.15, 0.2) is 5.58 Å². The van der Waals surface area contributed by atoms with Crippen molar-refractivity contribution >= 4 is 28.7 Å². The summed E-state index contributed by atoms with van der Waals surface area (Å²) in [4.78, 5) is 19.4. The smallest absolute Gasteiger partial charge is 0.269 e. The first kappa shape index (κ1) is 19.4. The number of furan rings is 1. The quantitative estimate of drug-likeness (QED) is 0.178. The number of benzene rings is 3. The van der Waals surface area contributed by atoms with Crippen LogP contribution in [0.15, 0.2) is 92.7 Å². The summed E-state index contributed by atoms with van der Waals surface area (Å²) in [5.41, 5.74) is 5.05. The van der Waals surface area contributed by atoms with Crippen molar-refractivity contribution in [2.75, 3.05) is 0 Å². The molecule has 0 aliphatic carbocycles. The number of non-ortho nitro benzene ring substituents is 1. The number of fused-ring (bicyclic) bond motifs is 1. The second-order valence-electron chi connectivity index (χ2n) is 7.30. The molecule has 0 amide bonds. The lowest BCUT2D eigenvalue weighted by Gasteiger charge is -1.98. The van der Waals surface area contributed by atoms with Crippen LogP contribution in [0.4, 0.5) is 11.4 Å². The van der Waals surface area contributed by atoms with Crippen LogP contribution < -0.4 is 0 Å². The maximum atomic E-state index is 10.8. The predicted molar refractivity (Wildman–Crippen MR) is 122 cm³/mol. The highest BCUT2D eigenvalue weighted by molar-refractivity contribution is 5.81. The van der Waals surface area contributed by atoms with E-state index in [4.69, 9.17) is 8.83 Å². The zero-order chi connectivity index (χ0) is 22.1. The van der Waals surface area contributed by atoms with Crippen LogP contribution in [-0.4, -0.2) is 16.1 Å². The lowest BCUT2D eigenvalue weighted by Crippen LogP contribution is -1.86. The van der Waals surface area contributed by atoms with E-state index >= 15 is 0 Å². The van der Waals surface area contributed by atoms with E-state index < -0.39 is 4.92 Å². The zero-order valence-electron chi connectivity index (χ0n) is 17.1. The van der Waals surface area contributed by atoms with Gasteiger partial charge in [0.05, 0.1) is 16.8 Å². The molecule has 0 N–H and O–H groups in total. The predicted octanol–water partition coefficient (Wildman–Crippen LogP) is 6.72. The largest absolute Gasteiger partial charge is 0.455 e. The van der Waals surface area contributed by atoms with Gasteiger partial charge in [0.25, 0.3) is 5.69 Å². The molecule has 0 aliphatic rings. The van der Waals surface area contributed by atoms with E-state index in [-0.39, 0.29) is 5.69 Å². The van der Waals surface area contributed by atoms with Crippen molar-refractivity contribution < 1.29 is 13.8 Å². The highest BCUT2D eigenvalue weighted by Crippen LogP contribution is 2.28. The number of aryl methyl sites for hydroxylation is 1. The first-order valence-electron chi connectivity index (χ1n) is 9.91. The van der Waals surface area contributed by atoms with E-state index in [1.165, 1.54) is 12.1 Å². The molecule has 5 rings (SSSR count). The molecule has 0 aliphatic heterocycles. The Labute approximate surface area is 182 Å². The minimum atomic E-state index is -0.431. The standard InChI is InChI=1S/C25H17N3O4/c1-16-5-11-24-22(13-16)27-25(32-24)18-3-2-4-19(14-18)26-15-21-10-12-23(31-21)17-6-8-20(9-7-17)28(29)30/h2-15H,1H3. The van der Waals surface area contributed by atoms with Gasteiger partial charge < -0.3 is 8.83 Å². The van der Waals surface area contributed by atoms with Gasteiger partial charge in [-0.15, -0.1) is 0 Å². The molecule has 0 spiro atoms. The Hall–Kier alpha value is -4.52. The Balaban J connectivity index is 1.36. The Kier molecular flexibility index (Phi) is 4.84. The number of nitro benzene ring substituents is 1. The van der Waals surface area contributed by atoms with Crippen LogP contribution in [-0.2, 0) is 0 Å². The molecule has 32 heavy (non-hydrogen) atoms. The van der Waals surface area contributed by atoms with Crippen LogP contribution in [0.1, 0.15) is 11.3 Å². The van der Waals surface area contributed by atoms with Gasteiger partial charge in [-0.3, -0.25) is 15.1 Å². The summed E-state index contributed by atoms with van der Waals surface area (Å²) in [6, 6.07) is 23.3. The molecule has 7 heteroatoms. The zero-order valence-corrected chi connectivity index (χ0v) is 17.1. The topological polar surface area (TPSA) is 94.7 Å². The van der Waals surface area contributed by atoms with Gasteiger partial charge in [0, 0.05) is 23.3 Å². The summed E-state index contributed by atoms with van der Waals surface area (Å²) in [6.07, 6.45) is 1.63. The number of oxazole rings is 1. The average Bonchev–Trinajstić information content (AvgIpc) is 3.45. The number of aliphatic imine (C=N–C) groups is 1. The van der Waals surface area contributed by atoms with Crippen molar-refractivity contribution in [2.45, 2.75) is 6.92 Å². The Morgan fingerprint density at radius 3 is 2.59 bits per heavy atom. The van der Waals surface area contributed by atoms with E-state index in [9.17, 15) is 10.1 Å². The highest BCUT2D eigenvalue weighted by Gasteiger charge is 2.10. The minimum Gasteiger partial charge on any atom is -0.455 e. The van der Waals surface area contributed by atoms with E-state index in [1.807, 2.05) is 49.4 Å². The fraction of sp³-hybridized carbons (Fsp3) is 0.0400. The summed E-state index contributed by atoms with van der Waals surface area (Å²) in [6.45, 7) is 2.02. The molecular weight excluding hydrogens is 406 g/mol. The number of rotatable bonds is 5. The van der Waals surface area contributed by atoms with Gasteiger partial charge in [0.1, 0.15) is 17.0 Å². The van der Waals surface area contributed by atoms with E-state index in [0.717, 1.165) is 33.5 Å².